The van der Waals surface area contributed by atoms with E-state index in [9.17, 15) is 14.4 Å². The Hall–Kier alpha value is -3.59. The smallest absolute Gasteiger partial charge is 0.408 e. The van der Waals surface area contributed by atoms with E-state index in [0.29, 0.717) is 17.1 Å². The molecule has 0 heterocycles. The molecule has 9 nitrogen and oxygen atoms in total. The molecule has 0 radical (unpaired) electrons. The minimum Gasteiger partial charge on any atom is -0.457 e. The van der Waals surface area contributed by atoms with Gasteiger partial charge in [-0.2, -0.15) is 0 Å². The SMILES string of the molecule is CN(C)C(=O)C(Cc1ccc(Oc2ccc(C(=O)NO)cc2)cc1)NC(=O)OC(C)(C)C. The summed E-state index contributed by atoms with van der Waals surface area (Å²) < 4.78 is 11.0. The van der Waals surface area contributed by atoms with Crippen molar-refractivity contribution in [1.29, 1.82) is 0 Å². The number of carbonyl (C=O) groups excluding carboxylic acids is 3. The Morgan fingerprint density at radius 1 is 0.969 bits per heavy atom. The van der Waals surface area contributed by atoms with Gasteiger partial charge < -0.3 is 19.7 Å². The molecule has 0 aliphatic rings. The number of hydrogen-bond donors (Lipinski definition) is 3. The quantitative estimate of drug-likeness (QED) is 0.447. The highest BCUT2D eigenvalue weighted by atomic mass is 16.6. The Labute approximate surface area is 187 Å². The van der Waals surface area contributed by atoms with Crippen LogP contribution < -0.4 is 15.5 Å². The molecule has 0 fully saturated rings. The van der Waals surface area contributed by atoms with Crippen LogP contribution in [0.25, 0.3) is 0 Å². The molecule has 0 spiro atoms. The summed E-state index contributed by atoms with van der Waals surface area (Å²) in [5, 5.41) is 11.3. The van der Waals surface area contributed by atoms with E-state index >= 15 is 0 Å². The molecule has 9 heteroatoms. The minimum atomic E-state index is -0.781. The van der Waals surface area contributed by atoms with Gasteiger partial charge in [0.1, 0.15) is 23.1 Å². The second-order valence-electron chi connectivity index (χ2n) is 8.35. The van der Waals surface area contributed by atoms with Crippen molar-refractivity contribution in [3.63, 3.8) is 0 Å². The number of ether oxygens (including phenoxy) is 2. The summed E-state index contributed by atoms with van der Waals surface area (Å²) in [7, 11) is 3.25. The summed E-state index contributed by atoms with van der Waals surface area (Å²) in [6, 6.07) is 12.6. The Kier molecular flexibility index (Phi) is 8.20. The fraction of sp³-hybridized carbons (Fsp3) is 0.348. The number of rotatable bonds is 7. The van der Waals surface area contributed by atoms with Crippen molar-refractivity contribution in [3.05, 3.63) is 59.7 Å². The van der Waals surface area contributed by atoms with E-state index in [1.165, 1.54) is 17.0 Å². The van der Waals surface area contributed by atoms with E-state index < -0.39 is 23.6 Å². The van der Waals surface area contributed by atoms with Gasteiger partial charge in [-0.05, 0) is 62.7 Å². The standard InChI is InChI=1S/C23H29N3O6/c1-23(2,3)32-22(29)24-19(21(28)26(4)5)14-15-6-10-17(11-7-15)31-18-12-8-16(9-13-18)20(27)25-30/h6-13,19,30H,14H2,1-5H3,(H,24,29)(H,25,27). The van der Waals surface area contributed by atoms with Crippen molar-refractivity contribution >= 4 is 17.9 Å². The van der Waals surface area contributed by atoms with E-state index in [-0.39, 0.29) is 12.3 Å². The maximum absolute atomic E-state index is 12.5. The van der Waals surface area contributed by atoms with Crippen molar-refractivity contribution in [2.24, 2.45) is 0 Å². The molecule has 0 saturated carbocycles. The number of benzene rings is 2. The molecule has 32 heavy (non-hydrogen) atoms. The normalized spacial score (nSPS) is 11.8. The molecule has 0 saturated heterocycles. The van der Waals surface area contributed by atoms with E-state index in [2.05, 4.69) is 5.32 Å². The first kappa shape index (κ1) is 24.7. The maximum atomic E-state index is 12.5. The number of nitrogens with one attached hydrogen (secondary N) is 2. The number of nitrogens with zero attached hydrogens (tertiary/aromatic N) is 1. The highest BCUT2D eigenvalue weighted by Crippen LogP contribution is 2.22. The van der Waals surface area contributed by atoms with Crippen LogP contribution in [0.2, 0.25) is 0 Å². The summed E-state index contributed by atoms with van der Waals surface area (Å²) in [6.45, 7) is 5.26. The van der Waals surface area contributed by atoms with Crippen LogP contribution in [-0.2, 0) is 16.0 Å². The summed E-state index contributed by atoms with van der Waals surface area (Å²) >= 11 is 0. The van der Waals surface area contributed by atoms with Gasteiger partial charge in [0.05, 0.1) is 0 Å². The zero-order chi connectivity index (χ0) is 23.9. The second kappa shape index (κ2) is 10.6. The number of carbonyl (C=O) groups is 3. The van der Waals surface area contributed by atoms with Crippen LogP contribution in [-0.4, -0.2) is 53.8 Å². The van der Waals surface area contributed by atoms with Crippen molar-refractivity contribution in [1.82, 2.24) is 15.7 Å². The summed E-state index contributed by atoms with van der Waals surface area (Å²) in [5.41, 5.74) is 2.02. The molecule has 0 bridgehead atoms. The Morgan fingerprint density at radius 3 is 1.97 bits per heavy atom. The van der Waals surface area contributed by atoms with Gasteiger partial charge in [0.25, 0.3) is 5.91 Å². The van der Waals surface area contributed by atoms with Crippen molar-refractivity contribution in [2.75, 3.05) is 14.1 Å². The van der Waals surface area contributed by atoms with E-state index in [0.717, 1.165) is 5.56 Å². The first-order valence-corrected chi connectivity index (χ1v) is 10.0. The van der Waals surface area contributed by atoms with Gasteiger partial charge in [-0.15, -0.1) is 0 Å². The lowest BCUT2D eigenvalue weighted by Gasteiger charge is -2.25. The molecular formula is C23H29N3O6. The van der Waals surface area contributed by atoms with E-state index in [4.69, 9.17) is 14.7 Å². The molecule has 1 atom stereocenters. The Morgan fingerprint density at radius 2 is 1.50 bits per heavy atom. The molecule has 0 aliphatic carbocycles. The lowest BCUT2D eigenvalue weighted by Crippen LogP contribution is -2.48. The van der Waals surface area contributed by atoms with Crippen LogP contribution >= 0.6 is 0 Å². The zero-order valence-electron chi connectivity index (χ0n) is 18.8. The molecule has 3 amide bonds. The molecular weight excluding hydrogens is 414 g/mol. The van der Waals surface area contributed by atoms with Gasteiger partial charge in [0.15, 0.2) is 0 Å². The maximum Gasteiger partial charge on any atom is 0.408 e. The summed E-state index contributed by atoms with van der Waals surface area (Å²) in [5.74, 6) is 0.217. The molecule has 0 aromatic heterocycles. The van der Waals surface area contributed by atoms with Crippen LogP contribution in [0.3, 0.4) is 0 Å². The molecule has 172 valence electrons. The Balaban J connectivity index is 2.06. The zero-order valence-corrected chi connectivity index (χ0v) is 18.8. The lowest BCUT2D eigenvalue weighted by atomic mass is 10.0. The topological polar surface area (TPSA) is 117 Å². The molecule has 3 N–H and O–H groups in total. The van der Waals surface area contributed by atoms with Crippen LogP contribution in [0.4, 0.5) is 4.79 Å². The van der Waals surface area contributed by atoms with E-state index in [1.807, 2.05) is 0 Å². The number of hydrogen-bond acceptors (Lipinski definition) is 6. The molecule has 2 aromatic carbocycles. The van der Waals surface area contributed by atoms with Gasteiger partial charge in [0.2, 0.25) is 5.91 Å². The number of alkyl carbamates (subject to hydrolysis) is 1. The van der Waals surface area contributed by atoms with Crippen molar-refractivity contribution in [3.8, 4) is 11.5 Å². The average molecular weight is 444 g/mol. The molecule has 2 rings (SSSR count). The van der Waals surface area contributed by atoms with Crippen molar-refractivity contribution < 1.29 is 29.1 Å². The number of likely N-dealkylation sites (N-methyl/N-ethyl adjacent to an activating group) is 1. The van der Waals surface area contributed by atoms with Gasteiger partial charge in [-0.3, -0.25) is 14.8 Å². The van der Waals surface area contributed by atoms with Gasteiger partial charge in [-0.25, -0.2) is 10.3 Å². The minimum absolute atomic E-state index is 0.247. The fourth-order valence-corrected chi connectivity index (χ4v) is 2.77. The molecule has 0 aliphatic heterocycles. The highest BCUT2D eigenvalue weighted by molar-refractivity contribution is 5.93. The fourth-order valence-electron chi connectivity index (χ4n) is 2.77. The third-order valence-electron chi connectivity index (χ3n) is 4.25. The predicted octanol–water partition coefficient (Wildman–Crippen LogP) is 3.12. The largest absolute Gasteiger partial charge is 0.457 e. The average Bonchev–Trinajstić information content (AvgIpc) is 2.72. The third-order valence-corrected chi connectivity index (χ3v) is 4.25. The first-order valence-electron chi connectivity index (χ1n) is 10.0. The van der Waals surface area contributed by atoms with Crippen LogP contribution in [0.1, 0.15) is 36.7 Å². The summed E-state index contributed by atoms with van der Waals surface area (Å²) in [4.78, 5) is 37.5. The number of amides is 3. The highest BCUT2D eigenvalue weighted by Gasteiger charge is 2.25. The van der Waals surface area contributed by atoms with Crippen LogP contribution in [0.15, 0.2) is 48.5 Å². The lowest BCUT2D eigenvalue weighted by molar-refractivity contribution is -0.130. The van der Waals surface area contributed by atoms with Crippen LogP contribution in [0.5, 0.6) is 11.5 Å². The van der Waals surface area contributed by atoms with Gasteiger partial charge in [0, 0.05) is 26.1 Å². The third kappa shape index (κ3) is 7.59. The predicted molar refractivity (Wildman–Crippen MR) is 118 cm³/mol. The first-order chi connectivity index (χ1) is 15.0. The van der Waals surface area contributed by atoms with Gasteiger partial charge >= 0.3 is 6.09 Å². The van der Waals surface area contributed by atoms with Crippen molar-refractivity contribution in [2.45, 2.75) is 38.8 Å². The second-order valence-corrected chi connectivity index (χ2v) is 8.35. The molecule has 2 aromatic rings. The number of hydroxylamine groups is 1. The monoisotopic (exact) mass is 443 g/mol. The Bertz CT molecular complexity index is 934. The van der Waals surface area contributed by atoms with Crippen LogP contribution in [0, 0.1) is 0 Å². The van der Waals surface area contributed by atoms with E-state index in [1.54, 1.807) is 76.7 Å². The van der Waals surface area contributed by atoms with Gasteiger partial charge in [-0.1, -0.05) is 12.1 Å². The summed E-state index contributed by atoms with van der Waals surface area (Å²) in [6.07, 6.45) is -0.377. The molecule has 1 unspecified atom stereocenters.